The number of pyridine rings is 1. The number of terminal acetylenes is 1. The van der Waals surface area contributed by atoms with Crippen LogP contribution in [0.5, 0.6) is 0 Å². The predicted molar refractivity (Wildman–Crippen MR) is 57.4 cm³/mol. The Morgan fingerprint density at radius 2 is 2.47 bits per heavy atom. The number of nitrogens with one attached hydrogen (secondary N) is 1. The SMILES string of the molecule is C#CC(CC)Nc1ccc([N+](=O)[O-])nc1. The van der Waals surface area contributed by atoms with Gasteiger partial charge in [0.15, 0.2) is 6.20 Å². The van der Waals surface area contributed by atoms with Gasteiger partial charge in [0.1, 0.15) is 0 Å². The summed E-state index contributed by atoms with van der Waals surface area (Å²) in [4.78, 5) is 13.5. The largest absolute Gasteiger partial charge is 0.369 e. The van der Waals surface area contributed by atoms with Crippen LogP contribution in [-0.4, -0.2) is 15.9 Å². The van der Waals surface area contributed by atoms with Gasteiger partial charge in [-0.3, -0.25) is 0 Å². The van der Waals surface area contributed by atoms with Crippen molar-refractivity contribution in [2.45, 2.75) is 19.4 Å². The summed E-state index contributed by atoms with van der Waals surface area (Å²) in [5, 5.41) is 13.4. The molecule has 0 aliphatic heterocycles. The number of aromatic nitrogens is 1. The summed E-state index contributed by atoms with van der Waals surface area (Å²) in [6, 6.07) is 2.85. The molecule has 1 heterocycles. The first-order chi connectivity index (χ1) is 7.17. The molecule has 15 heavy (non-hydrogen) atoms. The molecule has 0 bridgehead atoms. The van der Waals surface area contributed by atoms with Crippen molar-refractivity contribution in [3.05, 3.63) is 28.4 Å². The Hall–Kier alpha value is -2.09. The summed E-state index contributed by atoms with van der Waals surface area (Å²) < 4.78 is 0. The number of hydrogen-bond donors (Lipinski definition) is 1. The van der Waals surface area contributed by atoms with E-state index < -0.39 is 4.92 Å². The Morgan fingerprint density at radius 1 is 1.73 bits per heavy atom. The predicted octanol–water partition coefficient (Wildman–Crippen LogP) is 1.81. The number of rotatable bonds is 4. The average Bonchev–Trinajstić information content (AvgIpc) is 2.26. The topological polar surface area (TPSA) is 68.1 Å². The number of nitrogens with zero attached hydrogens (tertiary/aromatic N) is 2. The van der Waals surface area contributed by atoms with Gasteiger partial charge in [-0.1, -0.05) is 12.8 Å². The maximum Gasteiger partial charge on any atom is 0.363 e. The second-order valence-corrected chi connectivity index (χ2v) is 2.93. The van der Waals surface area contributed by atoms with Gasteiger partial charge in [-0.15, -0.1) is 6.42 Å². The lowest BCUT2D eigenvalue weighted by Crippen LogP contribution is -2.15. The highest BCUT2D eigenvalue weighted by Crippen LogP contribution is 2.12. The Kier molecular flexibility index (Phi) is 3.63. The van der Waals surface area contributed by atoms with Crippen LogP contribution in [0.15, 0.2) is 18.3 Å². The monoisotopic (exact) mass is 205 g/mol. The minimum atomic E-state index is -0.539. The molecule has 1 rings (SSSR count). The van der Waals surface area contributed by atoms with E-state index in [4.69, 9.17) is 6.42 Å². The van der Waals surface area contributed by atoms with Gasteiger partial charge < -0.3 is 15.4 Å². The smallest absolute Gasteiger partial charge is 0.363 e. The van der Waals surface area contributed by atoms with Crippen LogP contribution in [-0.2, 0) is 0 Å². The molecule has 0 aromatic carbocycles. The molecule has 5 heteroatoms. The molecule has 0 amide bonds. The van der Waals surface area contributed by atoms with Crippen molar-refractivity contribution in [3.8, 4) is 12.3 Å². The van der Waals surface area contributed by atoms with Gasteiger partial charge >= 0.3 is 5.82 Å². The third-order valence-corrected chi connectivity index (χ3v) is 1.89. The van der Waals surface area contributed by atoms with Crippen LogP contribution in [0.4, 0.5) is 11.5 Å². The Morgan fingerprint density at radius 3 is 2.87 bits per heavy atom. The van der Waals surface area contributed by atoms with E-state index in [-0.39, 0.29) is 11.9 Å². The minimum absolute atomic E-state index is 0.0757. The maximum absolute atomic E-state index is 10.3. The van der Waals surface area contributed by atoms with Crippen molar-refractivity contribution < 1.29 is 4.92 Å². The van der Waals surface area contributed by atoms with E-state index >= 15 is 0 Å². The molecule has 0 aliphatic carbocycles. The Labute approximate surface area is 87.7 Å². The lowest BCUT2D eigenvalue weighted by molar-refractivity contribution is -0.389. The molecule has 0 spiro atoms. The van der Waals surface area contributed by atoms with E-state index in [2.05, 4.69) is 16.2 Å². The number of nitro groups is 1. The first-order valence-corrected chi connectivity index (χ1v) is 4.50. The van der Waals surface area contributed by atoms with Crippen LogP contribution in [0.2, 0.25) is 0 Å². The second kappa shape index (κ2) is 4.96. The molecule has 1 aromatic heterocycles. The van der Waals surface area contributed by atoms with E-state index in [9.17, 15) is 10.1 Å². The molecule has 1 unspecified atom stereocenters. The number of hydrogen-bond acceptors (Lipinski definition) is 4. The first kappa shape index (κ1) is 11.0. The molecule has 0 saturated heterocycles. The van der Waals surface area contributed by atoms with Crippen molar-refractivity contribution in [1.82, 2.24) is 4.98 Å². The molecule has 0 radical (unpaired) electrons. The van der Waals surface area contributed by atoms with Crippen LogP contribution in [0.25, 0.3) is 0 Å². The Bertz CT molecular complexity index is 381. The van der Waals surface area contributed by atoms with Gasteiger partial charge in [-0.25, -0.2) is 0 Å². The van der Waals surface area contributed by atoms with Gasteiger partial charge in [-0.2, -0.15) is 0 Å². The minimum Gasteiger partial charge on any atom is -0.369 e. The van der Waals surface area contributed by atoms with Crippen molar-refractivity contribution in [3.63, 3.8) is 0 Å². The van der Waals surface area contributed by atoms with Gasteiger partial charge in [0.2, 0.25) is 0 Å². The lowest BCUT2D eigenvalue weighted by Gasteiger charge is -2.09. The zero-order valence-corrected chi connectivity index (χ0v) is 8.30. The van der Waals surface area contributed by atoms with Gasteiger partial charge in [0.25, 0.3) is 0 Å². The summed E-state index contributed by atoms with van der Waals surface area (Å²) in [6.07, 6.45) is 7.45. The van der Waals surface area contributed by atoms with Gasteiger partial charge in [0, 0.05) is 6.07 Å². The molecule has 1 N–H and O–H groups in total. The van der Waals surface area contributed by atoms with E-state index in [0.717, 1.165) is 6.42 Å². The molecule has 0 saturated carbocycles. The number of anilines is 1. The van der Waals surface area contributed by atoms with Crippen LogP contribution in [0.3, 0.4) is 0 Å². The highest BCUT2D eigenvalue weighted by molar-refractivity contribution is 5.45. The molecule has 5 nitrogen and oxygen atoms in total. The maximum atomic E-state index is 10.3. The highest BCUT2D eigenvalue weighted by atomic mass is 16.6. The molecular weight excluding hydrogens is 194 g/mol. The second-order valence-electron chi connectivity index (χ2n) is 2.93. The van der Waals surface area contributed by atoms with E-state index in [0.29, 0.717) is 5.69 Å². The van der Waals surface area contributed by atoms with Gasteiger partial charge in [-0.05, 0) is 22.4 Å². The zero-order chi connectivity index (χ0) is 11.3. The third-order valence-electron chi connectivity index (χ3n) is 1.89. The quantitative estimate of drug-likeness (QED) is 0.462. The summed E-state index contributed by atoms with van der Waals surface area (Å²) >= 11 is 0. The zero-order valence-electron chi connectivity index (χ0n) is 8.30. The third kappa shape index (κ3) is 2.95. The fraction of sp³-hybridized carbons (Fsp3) is 0.300. The molecule has 1 atom stereocenters. The van der Waals surface area contributed by atoms with Crippen molar-refractivity contribution in [2.75, 3.05) is 5.32 Å². The van der Waals surface area contributed by atoms with E-state index in [1.165, 1.54) is 12.3 Å². The summed E-state index contributed by atoms with van der Waals surface area (Å²) in [5.41, 5.74) is 0.686. The molecule has 0 aliphatic rings. The fourth-order valence-electron chi connectivity index (χ4n) is 1.04. The molecule has 0 fully saturated rings. The van der Waals surface area contributed by atoms with Gasteiger partial charge in [0.05, 0.1) is 11.7 Å². The van der Waals surface area contributed by atoms with Crippen LogP contribution < -0.4 is 5.32 Å². The standard InChI is InChI=1S/C10H11N3O2/c1-3-8(4-2)12-9-5-6-10(11-7-9)13(14)15/h1,5-8,12H,4H2,2H3. The molecule has 78 valence electrons. The van der Waals surface area contributed by atoms with E-state index in [1.54, 1.807) is 6.07 Å². The van der Waals surface area contributed by atoms with Crippen molar-refractivity contribution in [2.24, 2.45) is 0 Å². The summed E-state index contributed by atoms with van der Waals surface area (Å²) in [5.74, 6) is 2.39. The van der Waals surface area contributed by atoms with E-state index in [1.807, 2.05) is 6.92 Å². The molecule has 1 aromatic rings. The average molecular weight is 205 g/mol. The highest BCUT2D eigenvalue weighted by Gasteiger charge is 2.07. The van der Waals surface area contributed by atoms with Crippen LogP contribution >= 0.6 is 0 Å². The van der Waals surface area contributed by atoms with Crippen LogP contribution in [0.1, 0.15) is 13.3 Å². The molecular formula is C10H11N3O2. The lowest BCUT2D eigenvalue weighted by atomic mass is 10.2. The van der Waals surface area contributed by atoms with Crippen molar-refractivity contribution in [1.29, 1.82) is 0 Å². The fourth-order valence-corrected chi connectivity index (χ4v) is 1.04. The summed E-state index contributed by atoms with van der Waals surface area (Å²) in [7, 11) is 0. The van der Waals surface area contributed by atoms with Crippen molar-refractivity contribution >= 4 is 11.5 Å². The Balaban J connectivity index is 2.73. The first-order valence-electron chi connectivity index (χ1n) is 4.50. The summed E-state index contributed by atoms with van der Waals surface area (Å²) in [6.45, 7) is 1.95. The normalized spacial score (nSPS) is 11.5. The van der Waals surface area contributed by atoms with Crippen LogP contribution in [0, 0.1) is 22.5 Å².